The maximum Gasteiger partial charge on any atom is 0.224 e. The van der Waals surface area contributed by atoms with Crippen LogP contribution >= 0.6 is 15.9 Å². The summed E-state index contributed by atoms with van der Waals surface area (Å²) in [7, 11) is 3.90. The molecule has 6 heteroatoms. The Balaban J connectivity index is 2.04. The molecule has 0 bridgehead atoms. The first-order chi connectivity index (χ1) is 8.70. The molecule has 0 saturated carbocycles. The molecule has 0 spiro atoms. The van der Waals surface area contributed by atoms with E-state index in [1.165, 1.54) is 0 Å². The summed E-state index contributed by atoms with van der Waals surface area (Å²) in [5, 5.41) is 2.96. The van der Waals surface area contributed by atoms with Crippen molar-refractivity contribution in [2.45, 2.75) is 12.8 Å². The molecule has 0 amide bonds. The van der Waals surface area contributed by atoms with E-state index in [4.69, 9.17) is 4.74 Å². The molecule has 1 aliphatic heterocycles. The van der Waals surface area contributed by atoms with E-state index in [1.54, 1.807) is 6.20 Å². The lowest BCUT2D eigenvalue weighted by Gasteiger charge is -2.28. The predicted octanol–water partition coefficient (Wildman–Crippen LogP) is 2.14. The second-order valence-corrected chi connectivity index (χ2v) is 5.41. The van der Waals surface area contributed by atoms with E-state index < -0.39 is 0 Å². The number of halogens is 1. The number of nitrogens with zero attached hydrogens (tertiary/aromatic N) is 3. The summed E-state index contributed by atoms with van der Waals surface area (Å²) in [6, 6.07) is 0. The molecule has 1 aromatic rings. The highest BCUT2D eigenvalue weighted by molar-refractivity contribution is 9.10. The molecule has 1 saturated heterocycles. The van der Waals surface area contributed by atoms with Gasteiger partial charge in [0.25, 0.3) is 0 Å². The van der Waals surface area contributed by atoms with Crippen molar-refractivity contribution in [1.82, 2.24) is 9.97 Å². The summed E-state index contributed by atoms with van der Waals surface area (Å²) in [6.07, 6.45) is 4.05. The Morgan fingerprint density at radius 1 is 1.50 bits per heavy atom. The highest BCUT2D eigenvalue weighted by atomic mass is 79.9. The fourth-order valence-corrected chi connectivity index (χ4v) is 2.64. The van der Waals surface area contributed by atoms with Crippen LogP contribution in [-0.4, -0.2) is 43.8 Å². The fraction of sp³-hybridized carbons (Fsp3) is 0.667. The molecular formula is C12H19BrN4O. The Labute approximate surface area is 116 Å². The van der Waals surface area contributed by atoms with Crippen molar-refractivity contribution in [3.63, 3.8) is 0 Å². The number of nitrogens with one attached hydrogen (secondary N) is 1. The van der Waals surface area contributed by atoms with Crippen molar-refractivity contribution in [3.8, 4) is 0 Å². The zero-order valence-electron chi connectivity index (χ0n) is 10.8. The van der Waals surface area contributed by atoms with Gasteiger partial charge in [0.1, 0.15) is 5.82 Å². The quantitative estimate of drug-likeness (QED) is 0.922. The molecule has 0 atom stereocenters. The Hall–Kier alpha value is -0.880. The number of anilines is 2. The van der Waals surface area contributed by atoms with Crippen LogP contribution in [0.3, 0.4) is 0 Å². The van der Waals surface area contributed by atoms with Crippen LogP contribution in [-0.2, 0) is 4.74 Å². The molecule has 0 unspecified atom stereocenters. The molecule has 1 fully saturated rings. The van der Waals surface area contributed by atoms with Gasteiger partial charge in [-0.05, 0) is 34.7 Å². The van der Waals surface area contributed by atoms with Gasteiger partial charge in [0.2, 0.25) is 5.95 Å². The first-order valence-electron chi connectivity index (χ1n) is 6.20. The van der Waals surface area contributed by atoms with Gasteiger partial charge in [-0.3, -0.25) is 0 Å². The number of ether oxygens (including phenoxy) is 1. The van der Waals surface area contributed by atoms with Gasteiger partial charge in [0.05, 0.1) is 4.47 Å². The van der Waals surface area contributed by atoms with Crippen LogP contribution in [0.2, 0.25) is 0 Å². The van der Waals surface area contributed by atoms with Crippen molar-refractivity contribution in [3.05, 3.63) is 10.7 Å². The first-order valence-corrected chi connectivity index (χ1v) is 6.99. The van der Waals surface area contributed by atoms with E-state index in [1.807, 2.05) is 7.05 Å². The second-order valence-electron chi connectivity index (χ2n) is 4.55. The van der Waals surface area contributed by atoms with E-state index in [0.29, 0.717) is 11.9 Å². The van der Waals surface area contributed by atoms with E-state index >= 15 is 0 Å². The average molecular weight is 315 g/mol. The van der Waals surface area contributed by atoms with Crippen molar-refractivity contribution >= 4 is 27.7 Å². The van der Waals surface area contributed by atoms with Crippen LogP contribution < -0.4 is 10.2 Å². The summed E-state index contributed by atoms with van der Waals surface area (Å²) in [5.41, 5.74) is 0. The molecule has 2 heterocycles. The van der Waals surface area contributed by atoms with Crippen LogP contribution in [0, 0.1) is 5.92 Å². The van der Waals surface area contributed by atoms with Gasteiger partial charge in [-0.25, -0.2) is 4.98 Å². The maximum absolute atomic E-state index is 5.38. The van der Waals surface area contributed by atoms with Crippen molar-refractivity contribution in [2.75, 3.05) is 44.1 Å². The summed E-state index contributed by atoms with van der Waals surface area (Å²) < 4.78 is 6.31. The van der Waals surface area contributed by atoms with Crippen LogP contribution in [0.4, 0.5) is 11.8 Å². The molecule has 0 aliphatic carbocycles. The third-order valence-electron chi connectivity index (χ3n) is 3.18. The number of aromatic nitrogens is 2. The van der Waals surface area contributed by atoms with Crippen LogP contribution in [0.25, 0.3) is 0 Å². The van der Waals surface area contributed by atoms with E-state index in [9.17, 15) is 0 Å². The summed E-state index contributed by atoms with van der Waals surface area (Å²) >= 11 is 3.51. The molecular weight excluding hydrogens is 296 g/mol. The first kappa shape index (κ1) is 13.5. The van der Waals surface area contributed by atoms with Gasteiger partial charge in [-0.15, -0.1) is 0 Å². The van der Waals surface area contributed by atoms with Gasteiger partial charge in [-0.1, -0.05) is 0 Å². The summed E-state index contributed by atoms with van der Waals surface area (Å²) in [4.78, 5) is 10.8. The highest BCUT2D eigenvalue weighted by Gasteiger charge is 2.18. The maximum atomic E-state index is 5.38. The predicted molar refractivity (Wildman–Crippen MR) is 76.1 cm³/mol. The minimum atomic E-state index is 0.645. The smallest absolute Gasteiger partial charge is 0.224 e. The van der Waals surface area contributed by atoms with Crippen LogP contribution in [0.5, 0.6) is 0 Å². The summed E-state index contributed by atoms with van der Waals surface area (Å²) in [6.45, 7) is 2.76. The lowest BCUT2D eigenvalue weighted by Crippen LogP contribution is -2.30. The zero-order valence-corrected chi connectivity index (χ0v) is 12.4. The molecule has 2 rings (SSSR count). The number of hydrogen-bond donors (Lipinski definition) is 1. The van der Waals surface area contributed by atoms with Gasteiger partial charge < -0.3 is 15.0 Å². The minimum Gasteiger partial charge on any atom is -0.381 e. The van der Waals surface area contributed by atoms with Crippen molar-refractivity contribution < 1.29 is 4.74 Å². The normalized spacial score (nSPS) is 16.6. The molecule has 1 N–H and O–H groups in total. The van der Waals surface area contributed by atoms with Crippen molar-refractivity contribution in [1.29, 1.82) is 0 Å². The number of hydrogen-bond acceptors (Lipinski definition) is 5. The number of rotatable bonds is 4. The molecule has 5 nitrogen and oxygen atoms in total. The van der Waals surface area contributed by atoms with Gasteiger partial charge in [0.15, 0.2) is 0 Å². The van der Waals surface area contributed by atoms with Crippen molar-refractivity contribution in [2.24, 2.45) is 5.92 Å². The van der Waals surface area contributed by atoms with Crippen LogP contribution in [0.1, 0.15) is 12.8 Å². The Morgan fingerprint density at radius 2 is 2.22 bits per heavy atom. The van der Waals surface area contributed by atoms with Crippen LogP contribution in [0.15, 0.2) is 10.7 Å². The summed E-state index contributed by atoms with van der Waals surface area (Å²) in [5.74, 6) is 2.26. The third kappa shape index (κ3) is 3.32. The lowest BCUT2D eigenvalue weighted by molar-refractivity contribution is 0.0685. The highest BCUT2D eigenvalue weighted by Crippen LogP contribution is 2.25. The molecule has 1 aliphatic rings. The average Bonchev–Trinajstić information content (AvgIpc) is 2.40. The van der Waals surface area contributed by atoms with E-state index in [0.717, 1.165) is 42.9 Å². The van der Waals surface area contributed by atoms with Gasteiger partial charge >= 0.3 is 0 Å². The fourth-order valence-electron chi connectivity index (χ4n) is 2.15. The third-order valence-corrected chi connectivity index (χ3v) is 3.74. The molecule has 0 aromatic carbocycles. The Morgan fingerprint density at radius 3 is 2.89 bits per heavy atom. The van der Waals surface area contributed by atoms with Gasteiger partial charge in [-0.2, -0.15) is 4.98 Å². The topological polar surface area (TPSA) is 50.3 Å². The minimum absolute atomic E-state index is 0.645. The monoisotopic (exact) mass is 314 g/mol. The Bertz CT molecular complexity index is 396. The van der Waals surface area contributed by atoms with E-state index in [-0.39, 0.29) is 0 Å². The van der Waals surface area contributed by atoms with E-state index in [2.05, 4.69) is 43.2 Å². The zero-order chi connectivity index (χ0) is 13.0. The molecule has 18 heavy (non-hydrogen) atoms. The van der Waals surface area contributed by atoms with Gasteiger partial charge in [0, 0.05) is 40.1 Å². The SMILES string of the molecule is CNc1ncc(Br)c(N(C)CC2CCOCC2)n1. The molecule has 1 aromatic heterocycles. The lowest BCUT2D eigenvalue weighted by atomic mass is 10.00. The standard InChI is InChI=1S/C12H19BrN4O/c1-14-12-15-7-10(13)11(16-12)17(2)8-9-3-5-18-6-4-9/h7,9H,3-6,8H2,1-2H3,(H,14,15,16). The second kappa shape index (κ2) is 6.33. The Kier molecular flexibility index (Phi) is 4.77. The molecule has 100 valence electrons. The molecule has 0 radical (unpaired) electrons. The largest absolute Gasteiger partial charge is 0.381 e.